The molecule has 1 rings (SSSR count). The molecule has 1 N–H and O–H groups in total. The monoisotopic (exact) mass is 138 g/mol. The number of aromatic carboxylic acids is 1. The van der Waals surface area contributed by atoms with Gasteiger partial charge in [-0.05, 0) is 6.07 Å². The Hall–Kier alpha value is -1.58. The highest BCUT2D eigenvalue weighted by atomic mass is 16.4. The number of carbonyl (C=O) groups is 2. The maximum absolute atomic E-state index is 10.1. The topological polar surface area (TPSA) is 73.0 Å². The molecule has 0 radical (unpaired) electrons. The highest BCUT2D eigenvalue weighted by Crippen LogP contribution is 1.98. The standard InChI is InChI=1S/C6H5NO3/c8-3-4-1-5(6(9)10)7-2-4/h1-3,7H,(H,9,10)/p-1. The Balaban J connectivity index is 2.98. The molecular weight excluding hydrogens is 134 g/mol. The third kappa shape index (κ3) is 1.05. The van der Waals surface area contributed by atoms with Gasteiger partial charge >= 0.3 is 0 Å². The van der Waals surface area contributed by atoms with Gasteiger partial charge in [-0.2, -0.15) is 0 Å². The van der Waals surface area contributed by atoms with Gasteiger partial charge in [-0.1, -0.05) is 0 Å². The van der Waals surface area contributed by atoms with Crippen LogP contribution in [-0.4, -0.2) is 17.2 Å². The summed E-state index contributed by atoms with van der Waals surface area (Å²) in [6, 6.07) is 1.21. The van der Waals surface area contributed by atoms with Crippen LogP contribution in [0.3, 0.4) is 0 Å². The second-order valence-electron chi connectivity index (χ2n) is 1.75. The fourth-order valence-corrected chi connectivity index (χ4v) is 0.597. The number of carboxylic acid groups (broad SMARTS) is 1. The molecule has 52 valence electrons. The van der Waals surface area contributed by atoms with E-state index < -0.39 is 5.97 Å². The number of hydrogen-bond donors (Lipinski definition) is 1. The van der Waals surface area contributed by atoms with Gasteiger partial charge in [0.2, 0.25) is 0 Å². The van der Waals surface area contributed by atoms with E-state index in [2.05, 4.69) is 4.98 Å². The molecule has 0 aliphatic heterocycles. The average Bonchev–Trinajstić information content (AvgIpc) is 2.34. The van der Waals surface area contributed by atoms with Gasteiger partial charge in [0.05, 0.1) is 11.7 Å². The van der Waals surface area contributed by atoms with E-state index in [1.54, 1.807) is 0 Å². The molecule has 4 heteroatoms. The van der Waals surface area contributed by atoms with Gasteiger partial charge in [-0.3, -0.25) is 4.79 Å². The van der Waals surface area contributed by atoms with Crippen molar-refractivity contribution in [2.75, 3.05) is 0 Å². The highest BCUT2D eigenvalue weighted by molar-refractivity contribution is 5.87. The largest absolute Gasteiger partial charge is 0.543 e. The quantitative estimate of drug-likeness (QED) is 0.543. The number of nitrogens with one attached hydrogen (secondary N) is 1. The number of carbonyl (C=O) groups excluding carboxylic acids is 2. The van der Waals surface area contributed by atoms with Gasteiger partial charge in [-0.25, -0.2) is 0 Å². The van der Waals surface area contributed by atoms with Crippen LogP contribution in [0, 0.1) is 0 Å². The van der Waals surface area contributed by atoms with Gasteiger partial charge in [-0.15, -0.1) is 0 Å². The first-order chi connectivity index (χ1) is 4.74. The molecule has 0 saturated heterocycles. The van der Waals surface area contributed by atoms with E-state index in [1.165, 1.54) is 12.3 Å². The van der Waals surface area contributed by atoms with Crippen LogP contribution < -0.4 is 5.11 Å². The van der Waals surface area contributed by atoms with Gasteiger partial charge in [0.15, 0.2) is 6.29 Å². The number of aromatic amines is 1. The Kier molecular flexibility index (Phi) is 1.53. The van der Waals surface area contributed by atoms with E-state index in [0.29, 0.717) is 11.8 Å². The van der Waals surface area contributed by atoms with Crippen LogP contribution in [0.2, 0.25) is 0 Å². The lowest BCUT2D eigenvalue weighted by molar-refractivity contribution is -0.255. The number of rotatable bonds is 2. The van der Waals surface area contributed by atoms with Crippen LogP contribution in [0.4, 0.5) is 0 Å². The molecule has 0 atom stereocenters. The first-order valence-electron chi connectivity index (χ1n) is 2.59. The van der Waals surface area contributed by atoms with Crippen molar-refractivity contribution in [2.24, 2.45) is 0 Å². The lowest BCUT2D eigenvalue weighted by atomic mass is 10.3. The van der Waals surface area contributed by atoms with Gasteiger partial charge in [0, 0.05) is 11.8 Å². The van der Waals surface area contributed by atoms with Crippen molar-refractivity contribution >= 4 is 12.3 Å². The van der Waals surface area contributed by atoms with E-state index in [-0.39, 0.29) is 5.69 Å². The van der Waals surface area contributed by atoms with Gasteiger partial charge in [0.1, 0.15) is 0 Å². The van der Waals surface area contributed by atoms with Crippen LogP contribution in [0.1, 0.15) is 20.8 Å². The molecule has 0 bridgehead atoms. The third-order valence-electron chi connectivity index (χ3n) is 1.06. The molecule has 0 aliphatic carbocycles. The molecule has 0 aliphatic rings. The molecule has 1 aromatic rings. The summed E-state index contributed by atoms with van der Waals surface area (Å²) in [5, 5.41) is 10.1. The van der Waals surface area contributed by atoms with Crippen LogP contribution in [0.15, 0.2) is 12.3 Å². The smallest absolute Gasteiger partial charge is 0.151 e. The molecule has 4 nitrogen and oxygen atoms in total. The highest BCUT2D eigenvalue weighted by Gasteiger charge is 1.96. The van der Waals surface area contributed by atoms with Crippen LogP contribution >= 0.6 is 0 Å². The SMILES string of the molecule is O=Cc1c[nH]c(C(=O)[O-])c1. The molecule has 1 aromatic heterocycles. The molecule has 0 saturated carbocycles. The van der Waals surface area contributed by atoms with Crippen molar-refractivity contribution in [1.29, 1.82) is 0 Å². The zero-order valence-electron chi connectivity index (χ0n) is 4.96. The maximum atomic E-state index is 10.1. The molecule has 0 unspecified atom stereocenters. The van der Waals surface area contributed by atoms with E-state index in [0.717, 1.165) is 0 Å². The van der Waals surface area contributed by atoms with E-state index in [4.69, 9.17) is 0 Å². The van der Waals surface area contributed by atoms with Crippen molar-refractivity contribution in [3.8, 4) is 0 Å². The molecule has 0 fully saturated rings. The Bertz CT molecular complexity index is 264. The Morgan fingerprint density at radius 1 is 1.70 bits per heavy atom. The zero-order chi connectivity index (χ0) is 7.56. The fourth-order valence-electron chi connectivity index (χ4n) is 0.597. The summed E-state index contributed by atoms with van der Waals surface area (Å²) in [7, 11) is 0. The minimum atomic E-state index is -1.31. The first kappa shape index (κ1) is 6.54. The lowest BCUT2D eigenvalue weighted by Gasteiger charge is -1.93. The van der Waals surface area contributed by atoms with Crippen molar-refractivity contribution in [1.82, 2.24) is 4.98 Å². The van der Waals surface area contributed by atoms with Crippen molar-refractivity contribution in [3.63, 3.8) is 0 Å². The average molecular weight is 138 g/mol. The Morgan fingerprint density at radius 3 is 2.70 bits per heavy atom. The molecular formula is C6H4NO3-. The van der Waals surface area contributed by atoms with Crippen molar-refractivity contribution < 1.29 is 14.7 Å². The summed E-state index contributed by atoms with van der Waals surface area (Å²) < 4.78 is 0. The first-order valence-corrected chi connectivity index (χ1v) is 2.59. The van der Waals surface area contributed by atoms with E-state index in [1.807, 2.05) is 0 Å². The molecule has 0 amide bonds. The number of aldehydes is 1. The number of hydrogen-bond acceptors (Lipinski definition) is 3. The van der Waals surface area contributed by atoms with E-state index in [9.17, 15) is 14.7 Å². The predicted octanol–water partition coefficient (Wildman–Crippen LogP) is -0.809. The van der Waals surface area contributed by atoms with Crippen molar-refractivity contribution in [2.45, 2.75) is 0 Å². The van der Waals surface area contributed by atoms with Crippen LogP contribution in [-0.2, 0) is 0 Å². The van der Waals surface area contributed by atoms with E-state index >= 15 is 0 Å². The maximum Gasteiger partial charge on any atom is 0.151 e. The lowest BCUT2D eigenvalue weighted by Crippen LogP contribution is -2.22. The van der Waals surface area contributed by atoms with Gasteiger partial charge in [0.25, 0.3) is 0 Å². The molecule has 0 spiro atoms. The normalized spacial score (nSPS) is 9.20. The van der Waals surface area contributed by atoms with Crippen LogP contribution in [0.25, 0.3) is 0 Å². The zero-order valence-corrected chi connectivity index (χ0v) is 4.96. The molecule has 10 heavy (non-hydrogen) atoms. The fraction of sp³-hybridized carbons (Fsp3) is 0. The second-order valence-corrected chi connectivity index (χ2v) is 1.75. The minimum absolute atomic E-state index is 0.0814. The summed E-state index contributed by atoms with van der Waals surface area (Å²) in [5.74, 6) is -1.31. The summed E-state index contributed by atoms with van der Waals surface area (Å²) in [4.78, 5) is 22.4. The van der Waals surface area contributed by atoms with Crippen LogP contribution in [0.5, 0.6) is 0 Å². The Morgan fingerprint density at radius 2 is 2.40 bits per heavy atom. The van der Waals surface area contributed by atoms with Gasteiger partial charge < -0.3 is 14.9 Å². The summed E-state index contributed by atoms with van der Waals surface area (Å²) in [5.41, 5.74) is 0.223. The molecule has 0 aromatic carbocycles. The summed E-state index contributed by atoms with van der Waals surface area (Å²) in [6.45, 7) is 0. The summed E-state index contributed by atoms with van der Waals surface area (Å²) >= 11 is 0. The minimum Gasteiger partial charge on any atom is -0.543 e. The Labute approximate surface area is 56.5 Å². The predicted molar refractivity (Wildman–Crippen MR) is 30.5 cm³/mol. The number of aromatic nitrogens is 1. The second kappa shape index (κ2) is 2.34. The van der Waals surface area contributed by atoms with Crippen molar-refractivity contribution in [3.05, 3.63) is 23.5 Å². The third-order valence-corrected chi connectivity index (χ3v) is 1.06. The number of H-pyrrole nitrogens is 1. The molecule has 1 heterocycles. The number of carboxylic acids is 1. The summed E-state index contributed by atoms with van der Waals surface area (Å²) in [6.07, 6.45) is 1.86.